The van der Waals surface area contributed by atoms with Crippen LogP contribution in [0.3, 0.4) is 0 Å². The van der Waals surface area contributed by atoms with E-state index in [0.717, 1.165) is 18.3 Å². The summed E-state index contributed by atoms with van der Waals surface area (Å²) in [7, 11) is -3.91. The third-order valence-corrected chi connectivity index (χ3v) is 4.01. The summed E-state index contributed by atoms with van der Waals surface area (Å²) < 4.78 is 26.1. The Morgan fingerprint density at radius 2 is 2.00 bits per heavy atom. The van der Waals surface area contributed by atoms with Crippen LogP contribution in [0.2, 0.25) is 10.2 Å². The van der Waals surface area contributed by atoms with E-state index in [9.17, 15) is 13.2 Å². The van der Waals surface area contributed by atoms with Crippen LogP contribution in [0, 0.1) is 0 Å². The van der Waals surface area contributed by atoms with E-state index in [1.165, 1.54) is 6.07 Å². The SMILES string of the molecule is O=c1ccc(NS(=O)(=O)c2cnc(Cl)c(Cl)c2)n[nH]1. The molecule has 0 saturated heterocycles. The summed E-state index contributed by atoms with van der Waals surface area (Å²) >= 11 is 11.3. The molecule has 0 fully saturated rings. The first-order chi connectivity index (χ1) is 8.88. The highest BCUT2D eigenvalue weighted by molar-refractivity contribution is 7.92. The number of hydrogen-bond donors (Lipinski definition) is 2. The zero-order valence-corrected chi connectivity index (χ0v) is 11.4. The summed E-state index contributed by atoms with van der Waals surface area (Å²) in [5.74, 6) is -0.0364. The molecule has 0 aliphatic carbocycles. The van der Waals surface area contributed by atoms with E-state index in [1.54, 1.807) is 0 Å². The van der Waals surface area contributed by atoms with E-state index in [0.29, 0.717) is 0 Å². The topological polar surface area (TPSA) is 105 Å². The quantitative estimate of drug-likeness (QED) is 0.828. The molecule has 2 N–H and O–H groups in total. The van der Waals surface area contributed by atoms with Gasteiger partial charge in [0.15, 0.2) is 5.82 Å². The van der Waals surface area contributed by atoms with Crippen molar-refractivity contribution in [1.82, 2.24) is 15.2 Å². The van der Waals surface area contributed by atoms with Crippen molar-refractivity contribution in [2.75, 3.05) is 4.72 Å². The van der Waals surface area contributed by atoms with Gasteiger partial charge in [0.2, 0.25) is 0 Å². The van der Waals surface area contributed by atoms with E-state index in [-0.39, 0.29) is 20.9 Å². The fraction of sp³-hybridized carbons (Fsp3) is 0. The second kappa shape index (κ2) is 5.16. The number of aromatic nitrogens is 3. The molecule has 0 amide bonds. The highest BCUT2D eigenvalue weighted by Gasteiger charge is 2.17. The van der Waals surface area contributed by atoms with Crippen LogP contribution < -0.4 is 10.3 Å². The molecule has 19 heavy (non-hydrogen) atoms. The number of aromatic amines is 1. The Hall–Kier alpha value is -1.64. The molecule has 0 saturated carbocycles. The van der Waals surface area contributed by atoms with Gasteiger partial charge in [-0.1, -0.05) is 23.2 Å². The van der Waals surface area contributed by atoms with E-state index < -0.39 is 15.6 Å². The van der Waals surface area contributed by atoms with Crippen molar-refractivity contribution >= 4 is 39.0 Å². The fourth-order valence-corrected chi connectivity index (χ4v) is 2.45. The lowest BCUT2D eigenvalue weighted by Gasteiger charge is -2.06. The standard InChI is InChI=1S/C9H6Cl2N4O3S/c10-6-3-5(4-12-9(6)11)19(17,18)15-7-1-2-8(16)14-13-7/h1-4H,(H,13,15)(H,14,16). The predicted octanol–water partition coefficient (Wildman–Crippen LogP) is 1.27. The van der Waals surface area contributed by atoms with Gasteiger partial charge >= 0.3 is 0 Å². The number of halogens is 2. The van der Waals surface area contributed by atoms with E-state index in [4.69, 9.17) is 23.2 Å². The fourth-order valence-electron chi connectivity index (χ4n) is 1.15. The van der Waals surface area contributed by atoms with Gasteiger partial charge in [-0.3, -0.25) is 9.52 Å². The maximum absolute atomic E-state index is 12.0. The maximum Gasteiger partial charge on any atom is 0.264 e. The summed E-state index contributed by atoms with van der Waals surface area (Å²) in [5, 5.41) is 5.64. The van der Waals surface area contributed by atoms with Gasteiger partial charge in [-0.05, 0) is 12.1 Å². The smallest absolute Gasteiger partial charge is 0.264 e. The van der Waals surface area contributed by atoms with Crippen LogP contribution in [0.4, 0.5) is 5.82 Å². The van der Waals surface area contributed by atoms with Crippen molar-refractivity contribution in [3.8, 4) is 0 Å². The van der Waals surface area contributed by atoms with Crippen LogP contribution in [-0.2, 0) is 10.0 Å². The van der Waals surface area contributed by atoms with E-state index in [2.05, 4.69) is 19.9 Å². The number of nitrogens with one attached hydrogen (secondary N) is 2. The molecular weight excluding hydrogens is 315 g/mol. The van der Waals surface area contributed by atoms with E-state index in [1.807, 2.05) is 0 Å². The molecule has 0 aliphatic rings. The van der Waals surface area contributed by atoms with Crippen LogP contribution in [0.25, 0.3) is 0 Å². The Morgan fingerprint density at radius 1 is 1.26 bits per heavy atom. The minimum absolute atomic E-state index is 0.00258. The van der Waals surface area contributed by atoms with Crippen molar-refractivity contribution < 1.29 is 8.42 Å². The Morgan fingerprint density at radius 3 is 2.58 bits per heavy atom. The third kappa shape index (κ3) is 3.22. The first-order valence-corrected chi connectivity index (χ1v) is 7.02. The molecule has 10 heteroatoms. The first kappa shape index (κ1) is 13.8. The van der Waals surface area contributed by atoms with Gasteiger partial charge < -0.3 is 0 Å². The average Bonchev–Trinajstić information content (AvgIpc) is 2.35. The molecule has 0 atom stereocenters. The third-order valence-electron chi connectivity index (χ3n) is 2.00. The normalized spacial score (nSPS) is 11.3. The van der Waals surface area contributed by atoms with Gasteiger partial charge in [0.05, 0.1) is 5.02 Å². The molecule has 2 rings (SSSR count). The summed E-state index contributed by atoms with van der Waals surface area (Å²) in [4.78, 5) is 14.3. The monoisotopic (exact) mass is 320 g/mol. The number of hydrogen-bond acceptors (Lipinski definition) is 5. The Labute approximate surface area is 117 Å². The number of sulfonamides is 1. The zero-order chi connectivity index (χ0) is 14.0. The zero-order valence-electron chi connectivity index (χ0n) is 9.09. The van der Waals surface area contributed by atoms with Gasteiger partial charge in [0.1, 0.15) is 10.0 Å². The van der Waals surface area contributed by atoms with Crippen molar-refractivity contribution in [3.63, 3.8) is 0 Å². The van der Waals surface area contributed by atoms with Crippen LogP contribution in [-0.4, -0.2) is 23.6 Å². The van der Waals surface area contributed by atoms with Crippen molar-refractivity contribution in [2.24, 2.45) is 0 Å². The van der Waals surface area contributed by atoms with Crippen LogP contribution >= 0.6 is 23.2 Å². The molecule has 0 aromatic carbocycles. The molecule has 2 aromatic rings. The van der Waals surface area contributed by atoms with E-state index >= 15 is 0 Å². The van der Waals surface area contributed by atoms with Crippen molar-refractivity contribution in [3.05, 3.63) is 44.9 Å². The molecule has 0 bridgehead atoms. The molecule has 0 radical (unpaired) electrons. The van der Waals surface area contributed by atoms with Gasteiger partial charge in [-0.2, -0.15) is 5.10 Å². The summed E-state index contributed by atoms with van der Waals surface area (Å²) in [6.07, 6.45) is 1.06. The number of pyridine rings is 1. The summed E-state index contributed by atoms with van der Waals surface area (Å²) in [6.45, 7) is 0. The lowest BCUT2D eigenvalue weighted by molar-refractivity contribution is 0.600. The first-order valence-electron chi connectivity index (χ1n) is 4.78. The minimum atomic E-state index is -3.91. The number of H-pyrrole nitrogens is 1. The Kier molecular flexibility index (Phi) is 3.74. The molecule has 0 aliphatic heterocycles. The Bertz CT molecular complexity index is 755. The highest BCUT2D eigenvalue weighted by Crippen LogP contribution is 2.23. The maximum atomic E-state index is 12.0. The van der Waals surface area contributed by atoms with Gasteiger partial charge in [-0.15, -0.1) is 0 Å². The van der Waals surface area contributed by atoms with Crippen LogP contribution in [0.15, 0.2) is 34.1 Å². The second-order valence-corrected chi connectivity index (χ2v) is 5.80. The molecule has 0 spiro atoms. The number of nitrogens with zero attached hydrogens (tertiary/aromatic N) is 2. The summed E-state index contributed by atoms with van der Waals surface area (Å²) in [6, 6.07) is 3.52. The Balaban J connectivity index is 2.34. The molecule has 2 aromatic heterocycles. The van der Waals surface area contributed by atoms with Crippen LogP contribution in [0.5, 0.6) is 0 Å². The molecular formula is C9H6Cl2N4O3S. The molecule has 100 valence electrons. The van der Waals surface area contributed by atoms with Crippen LogP contribution in [0.1, 0.15) is 0 Å². The lowest BCUT2D eigenvalue weighted by Crippen LogP contribution is -2.16. The summed E-state index contributed by atoms with van der Waals surface area (Å²) in [5.41, 5.74) is -0.445. The highest BCUT2D eigenvalue weighted by atomic mass is 35.5. The largest absolute Gasteiger partial charge is 0.268 e. The van der Waals surface area contributed by atoms with Crippen molar-refractivity contribution in [2.45, 2.75) is 4.90 Å². The molecule has 0 unspecified atom stereocenters. The number of anilines is 1. The van der Waals surface area contributed by atoms with Gasteiger partial charge in [-0.25, -0.2) is 18.5 Å². The second-order valence-electron chi connectivity index (χ2n) is 3.36. The van der Waals surface area contributed by atoms with Gasteiger partial charge in [0.25, 0.3) is 15.6 Å². The minimum Gasteiger partial charge on any atom is -0.268 e. The van der Waals surface area contributed by atoms with Gasteiger partial charge in [0, 0.05) is 12.3 Å². The lowest BCUT2D eigenvalue weighted by atomic mass is 10.5. The molecule has 7 nitrogen and oxygen atoms in total. The predicted molar refractivity (Wildman–Crippen MR) is 69.9 cm³/mol. The van der Waals surface area contributed by atoms with Crippen molar-refractivity contribution in [1.29, 1.82) is 0 Å². The molecule has 2 heterocycles. The number of rotatable bonds is 3. The average molecular weight is 321 g/mol.